The van der Waals surface area contributed by atoms with Crippen LogP contribution in [0.25, 0.3) is 0 Å². The van der Waals surface area contributed by atoms with Crippen molar-refractivity contribution in [3.63, 3.8) is 0 Å². The van der Waals surface area contributed by atoms with Crippen molar-refractivity contribution in [2.24, 2.45) is 0 Å². The van der Waals surface area contributed by atoms with Gasteiger partial charge in [-0.1, -0.05) is 35.3 Å². The summed E-state index contributed by atoms with van der Waals surface area (Å²) in [6.07, 6.45) is 0. The van der Waals surface area contributed by atoms with Crippen LogP contribution in [0.15, 0.2) is 24.3 Å². The molecule has 2 aromatic rings. The predicted molar refractivity (Wildman–Crippen MR) is 81.4 cm³/mol. The van der Waals surface area contributed by atoms with Gasteiger partial charge in [-0.3, -0.25) is 0 Å². The lowest BCUT2D eigenvalue weighted by molar-refractivity contribution is 0.301. The van der Waals surface area contributed by atoms with Crippen LogP contribution in [0, 0.1) is 11.3 Å². The zero-order valence-corrected chi connectivity index (χ0v) is 12.7. The Morgan fingerprint density at radius 1 is 1.40 bits per heavy atom. The molecule has 0 spiro atoms. The summed E-state index contributed by atoms with van der Waals surface area (Å²) in [5.74, 6) is 0. The quantitative estimate of drug-likeness (QED) is 0.915. The molecule has 104 valence electrons. The number of hydrogen-bond acceptors (Lipinski definition) is 5. The molecule has 4 nitrogen and oxygen atoms in total. The molecule has 0 radical (unpaired) electrons. The van der Waals surface area contributed by atoms with Crippen LogP contribution in [0.5, 0.6) is 0 Å². The van der Waals surface area contributed by atoms with E-state index in [-0.39, 0.29) is 11.8 Å². The van der Waals surface area contributed by atoms with Crippen molar-refractivity contribution in [1.82, 2.24) is 4.37 Å². The van der Waals surface area contributed by atoms with E-state index in [0.29, 0.717) is 28.7 Å². The molecule has 0 atom stereocenters. The van der Waals surface area contributed by atoms with E-state index in [4.69, 9.17) is 28.5 Å². The van der Waals surface area contributed by atoms with Crippen LogP contribution in [-0.2, 0) is 6.54 Å². The van der Waals surface area contributed by atoms with Gasteiger partial charge in [0.1, 0.15) is 16.6 Å². The predicted octanol–water partition coefficient (Wildman–Crippen LogP) is 3.32. The number of anilines is 1. The second kappa shape index (κ2) is 6.91. The number of halogens is 2. The highest BCUT2D eigenvalue weighted by Crippen LogP contribution is 2.32. The molecular weight excluding hydrogens is 317 g/mol. The Morgan fingerprint density at radius 2 is 2.20 bits per heavy atom. The fourth-order valence-electron chi connectivity index (χ4n) is 1.80. The lowest BCUT2D eigenvalue weighted by Crippen LogP contribution is -2.25. The topological polar surface area (TPSA) is 60.2 Å². The van der Waals surface area contributed by atoms with Crippen molar-refractivity contribution in [3.8, 4) is 6.07 Å². The van der Waals surface area contributed by atoms with Crippen LogP contribution in [0.3, 0.4) is 0 Å². The van der Waals surface area contributed by atoms with Gasteiger partial charge in [0, 0.05) is 18.1 Å². The van der Waals surface area contributed by atoms with E-state index in [2.05, 4.69) is 4.37 Å². The Hall–Kier alpha value is -1.32. The summed E-state index contributed by atoms with van der Waals surface area (Å²) < 4.78 is 3.98. The van der Waals surface area contributed by atoms with Gasteiger partial charge in [-0.05, 0) is 29.2 Å². The molecule has 1 aromatic carbocycles. The van der Waals surface area contributed by atoms with Gasteiger partial charge in [0.2, 0.25) is 0 Å². The maximum absolute atomic E-state index is 9.20. The van der Waals surface area contributed by atoms with E-state index in [1.54, 1.807) is 6.07 Å². The largest absolute Gasteiger partial charge is 0.395 e. The molecule has 2 rings (SSSR count). The molecule has 0 amide bonds. The van der Waals surface area contributed by atoms with E-state index in [9.17, 15) is 5.11 Å². The van der Waals surface area contributed by atoms with Crippen molar-refractivity contribution in [2.45, 2.75) is 6.54 Å². The summed E-state index contributed by atoms with van der Waals surface area (Å²) in [5.41, 5.74) is 1.33. The summed E-state index contributed by atoms with van der Waals surface area (Å²) in [7, 11) is 0. The highest BCUT2D eigenvalue weighted by Gasteiger charge is 2.18. The minimum atomic E-state index is -0.0268. The van der Waals surface area contributed by atoms with Crippen molar-refractivity contribution < 1.29 is 5.11 Å². The van der Waals surface area contributed by atoms with E-state index < -0.39 is 0 Å². The lowest BCUT2D eigenvalue weighted by Gasteiger charge is -2.22. The Morgan fingerprint density at radius 3 is 2.85 bits per heavy atom. The maximum atomic E-state index is 9.20. The van der Waals surface area contributed by atoms with Gasteiger partial charge in [0.25, 0.3) is 0 Å². The number of nitrogens with zero attached hydrogens (tertiary/aromatic N) is 3. The number of benzene rings is 1. The Bertz CT molecular complexity index is 639. The average molecular weight is 328 g/mol. The molecule has 0 bridgehead atoms. The smallest absolute Gasteiger partial charge is 0.162 e. The average Bonchev–Trinajstić information content (AvgIpc) is 2.79. The molecule has 0 saturated carbocycles. The van der Waals surface area contributed by atoms with Crippen LogP contribution in [0.1, 0.15) is 11.1 Å². The normalized spacial score (nSPS) is 10.3. The second-order valence-corrected chi connectivity index (χ2v) is 5.59. The summed E-state index contributed by atoms with van der Waals surface area (Å²) >= 11 is 13.0. The zero-order chi connectivity index (χ0) is 14.5. The van der Waals surface area contributed by atoms with Gasteiger partial charge >= 0.3 is 0 Å². The minimum Gasteiger partial charge on any atom is -0.395 e. The van der Waals surface area contributed by atoms with Gasteiger partial charge in [0.15, 0.2) is 5.15 Å². The SMILES string of the molecule is N#Cc1c(Cl)nsc1N(CCO)Cc1cccc(Cl)c1. The molecule has 1 N–H and O–H groups in total. The molecule has 0 aliphatic rings. The van der Waals surface area contributed by atoms with Crippen LogP contribution in [0.4, 0.5) is 5.00 Å². The molecule has 1 heterocycles. The number of hydrogen-bond donors (Lipinski definition) is 1. The Kier molecular flexibility index (Phi) is 5.21. The van der Waals surface area contributed by atoms with E-state index >= 15 is 0 Å². The molecule has 1 aromatic heterocycles. The second-order valence-electron chi connectivity index (χ2n) is 4.04. The summed E-state index contributed by atoms with van der Waals surface area (Å²) in [6, 6.07) is 9.49. The van der Waals surface area contributed by atoms with Crippen LogP contribution in [-0.4, -0.2) is 22.6 Å². The lowest BCUT2D eigenvalue weighted by atomic mass is 10.2. The highest BCUT2D eigenvalue weighted by atomic mass is 35.5. The fourth-order valence-corrected chi connectivity index (χ4v) is 3.07. The maximum Gasteiger partial charge on any atom is 0.162 e. The standard InChI is InChI=1S/C13H11Cl2N3OS/c14-10-3-1-2-9(6-10)8-18(4-5-19)13-11(7-16)12(15)17-20-13/h1-3,6,19H,4-5,8H2. The molecule has 7 heteroatoms. The van der Waals surface area contributed by atoms with Gasteiger partial charge in [0.05, 0.1) is 6.61 Å². The van der Waals surface area contributed by atoms with Crippen molar-refractivity contribution in [3.05, 3.63) is 45.6 Å². The first-order valence-corrected chi connectivity index (χ1v) is 7.34. The number of aromatic nitrogens is 1. The van der Waals surface area contributed by atoms with Crippen molar-refractivity contribution in [2.75, 3.05) is 18.1 Å². The van der Waals surface area contributed by atoms with Crippen molar-refractivity contribution >= 4 is 39.7 Å². The first-order valence-electron chi connectivity index (χ1n) is 5.81. The Balaban J connectivity index is 2.29. The van der Waals surface area contributed by atoms with E-state index in [1.165, 1.54) is 0 Å². The third-order valence-electron chi connectivity index (χ3n) is 2.66. The fraction of sp³-hybridized carbons (Fsp3) is 0.231. The van der Waals surface area contributed by atoms with Crippen molar-refractivity contribution in [1.29, 1.82) is 5.26 Å². The van der Waals surface area contributed by atoms with Crippen LogP contribution in [0.2, 0.25) is 10.2 Å². The molecule has 20 heavy (non-hydrogen) atoms. The zero-order valence-electron chi connectivity index (χ0n) is 10.4. The molecule has 0 unspecified atom stereocenters. The molecule has 0 saturated heterocycles. The third-order valence-corrected chi connectivity index (χ3v) is 4.18. The first-order chi connectivity index (χ1) is 9.65. The number of nitriles is 1. The van der Waals surface area contributed by atoms with Gasteiger partial charge in [-0.2, -0.15) is 9.64 Å². The minimum absolute atomic E-state index is 0.0268. The molecular formula is C13H11Cl2N3OS. The van der Waals surface area contributed by atoms with Gasteiger partial charge in [-0.25, -0.2) is 0 Å². The number of aliphatic hydroxyl groups excluding tert-OH is 1. The summed E-state index contributed by atoms with van der Waals surface area (Å²) in [4.78, 5) is 1.87. The summed E-state index contributed by atoms with van der Waals surface area (Å²) in [5, 5.41) is 19.8. The number of aliphatic hydroxyl groups is 1. The van der Waals surface area contributed by atoms with Crippen LogP contribution >= 0.6 is 34.7 Å². The van der Waals surface area contributed by atoms with Gasteiger partial charge < -0.3 is 10.0 Å². The van der Waals surface area contributed by atoms with E-state index in [1.807, 2.05) is 29.2 Å². The molecule has 0 aliphatic carbocycles. The molecule has 0 aliphatic heterocycles. The first kappa shape index (κ1) is 15.1. The number of rotatable bonds is 5. The van der Waals surface area contributed by atoms with Crippen LogP contribution < -0.4 is 4.90 Å². The van der Waals surface area contributed by atoms with E-state index in [0.717, 1.165) is 17.1 Å². The molecule has 0 fully saturated rings. The summed E-state index contributed by atoms with van der Waals surface area (Å²) in [6.45, 7) is 0.884. The highest BCUT2D eigenvalue weighted by molar-refractivity contribution is 7.10. The Labute approximate surface area is 131 Å². The monoisotopic (exact) mass is 327 g/mol. The third kappa shape index (κ3) is 3.41. The van der Waals surface area contributed by atoms with Gasteiger partial charge in [-0.15, -0.1) is 0 Å².